The summed E-state index contributed by atoms with van der Waals surface area (Å²) < 4.78 is 1.83. The average molecular weight is 406 g/mol. The van der Waals surface area contributed by atoms with E-state index in [4.69, 9.17) is 0 Å². The van der Waals surface area contributed by atoms with E-state index in [1.165, 1.54) is 0 Å². The van der Waals surface area contributed by atoms with Crippen LogP contribution in [0.3, 0.4) is 0 Å². The van der Waals surface area contributed by atoms with Crippen LogP contribution in [0.25, 0.3) is 5.82 Å². The standard InChI is InChI=1S/C22H27N7O/c1-16-12-17(2)29(25-16)21-14-20(23-15-24-21)27-8-10-28(11-9-27)22(30)18-6-5-7-19(13-18)26(3)4/h5-7,12-15H,8-11H2,1-4H3. The summed E-state index contributed by atoms with van der Waals surface area (Å²) in [5, 5.41) is 4.51. The Hall–Kier alpha value is -3.42. The number of carbonyl (C=O) groups excluding carboxylic acids is 1. The number of anilines is 2. The second kappa shape index (κ2) is 8.14. The average Bonchev–Trinajstić information content (AvgIpc) is 3.11. The maximum atomic E-state index is 12.9. The van der Waals surface area contributed by atoms with Gasteiger partial charge in [0.05, 0.1) is 5.69 Å². The minimum absolute atomic E-state index is 0.0735. The molecule has 3 heterocycles. The quantitative estimate of drug-likeness (QED) is 0.663. The van der Waals surface area contributed by atoms with Crippen LogP contribution in [0.15, 0.2) is 42.7 Å². The zero-order valence-corrected chi connectivity index (χ0v) is 17.9. The zero-order valence-electron chi connectivity index (χ0n) is 17.9. The van der Waals surface area contributed by atoms with Crippen molar-refractivity contribution in [3.8, 4) is 5.82 Å². The van der Waals surface area contributed by atoms with Crippen molar-refractivity contribution >= 4 is 17.4 Å². The Labute approximate surface area is 176 Å². The van der Waals surface area contributed by atoms with Crippen molar-refractivity contribution in [1.29, 1.82) is 0 Å². The van der Waals surface area contributed by atoms with E-state index >= 15 is 0 Å². The summed E-state index contributed by atoms with van der Waals surface area (Å²) in [6, 6.07) is 11.7. The zero-order chi connectivity index (χ0) is 21.3. The fraction of sp³-hybridized carbons (Fsp3) is 0.364. The molecule has 1 aliphatic rings. The molecule has 1 aliphatic heterocycles. The lowest BCUT2D eigenvalue weighted by atomic mass is 10.1. The monoisotopic (exact) mass is 405 g/mol. The van der Waals surface area contributed by atoms with Crippen LogP contribution in [0, 0.1) is 13.8 Å². The van der Waals surface area contributed by atoms with E-state index in [9.17, 15) is 4.79 Å². The molecule has 156 valence electrons. The molecule has 8 heteroatoms. The second-order valence-corrected chi connectivity index (χ2v) is 7.80. The Kier molecular flexibility index (Phi) is 5.39. The number of nitrogens with zero attached hydrogens (tertiary/aromatic N) is 7. The fourth-order valence-corrected chi connectivity index (χ4v) is 3.73. The molecule has 1 fully saturated rings. The van der Waals surface area contributed by atoms with Crippen molar-refractivity contribution in [2.45, 2.75) is 13.8 Å². The summed E-state index contributed by atoms with van der Waals surface area (Å²) in [5.74, 6) is 1.68. The lowest BCUT2D eigenvalue weighted by molar-refractivity contribution is 0.0746. The van der Waals surface area contributed by atoms with Crippen LogP contribution in [0.4, 0.5) is 11.5 Å². The number of amides is 1. The number of rotatable bonds is 4. The van der Waals surface area contributed by atoms with Crippen LogP contribution in [0.5, 0.6) is 0 Å². The van der Waals surface area contributed by atoms with Gasteiger partial charge in [0.1, 0.15) is 12.1 Å². The first-order chi connectivity index (χ1) is 14.4. The van der Waals surface area contributed by atoms with E-state index in [2.05, 4.69) is 20.0 Å². The molecule has 0 atom stereocenters. The summed E-state index contributed by atoms with van der Waals surface area (Å²) in [5.41, 5.74) is 3.74. The SMILES string of the molecule is Cc1cc(C)n(-c2cc(N3CCN(C(=O)c4cccc(N(C)C)c4)CC3)ncn2)n1. The van der Waals surface area contributed by atoms with E-state index in [0.717, 1.165) is 47.4 Å². The topological polar surface area (TPSA) is 70.4 Å². The molecular weight excluding hydrogens is 378 g/mol. The van der Waals surface area contributed by atoms with Gasteiger partial charge in [-0.2, -0.15) is 5.10 Å². The smallest absolute Gasteiger partial charge is 0.254 e. The minimum atomic E-state index is 0.0735. The number of benzene rings is 1. The van der Waals surface area contributed by atoms with Gasteiger partial charge in [-0.1, -0.05) is 6.07 Å². The highest BCUT2D eigenvalue weighted by Gasteiger charge is 2.23. The number of hydrogen-bond donors (Lipinski definition) is 0. The Morgan fingerprint density at radius 3 is 2.37 bits per heavy atom. The van der Waals surface area contributed by atoms with Crippen LogP contribution < -0.4 is 9.80 Å². The molecule has 3 aromatic rings. The highest BCUT2D eigenvalue weighted by molar-refractivity contribution is 5.95. The largest absolute Gasteiger partial charge is 0.378 e. The molecule has 0 saturated carbocycles. The molecule has 8 nitrogen and oxygen atoms in total. The maximum absolute atomic E-state index is 12.9. The van der Waals surface area contributed by atoms with Gasteiger partial charge in [-0.25, -0.2) is 14.6 Å². The summed E-state index contributed by atoms with van der Waals surface area (Å²) in [4.78, 5) is 27.9. The van der Waals surface area contributed by atoms with Crippen molar-refractivity contribution < 1.29 is 4.79 Å². The summed E-state index contributed by atoms with van der Waals surface area (Å²) >= 11 is 0. The molecule has 0 N–H and O–H groups in total. The molecule has 1 aromatic carbocycles. The van der Waals surface area contributed by atoms with Gasteiger partial charge in [-0.15, -0.1) is 0 Å². The van der Waals surface area contributed by atoms with Gasteiger partial charge in [-0.05, 0) is 38.1 Å². The Balaban J connectivity index is 1.45. The van der Waals surface area contributed by atoms with Gasteiger partial charge in [0.2, 0.25) is 0 Å². The highest BCUT2D eigenvalue weighted by Crippen LogP contribution is 2.19. The third kappa shape index (κ3) is 3.98. The highest BCUT2D eigenvalue weighted by atomic mass is 16.2. The van der Waals surface area contributed by atoms with Gasteiger partial charge in [0.25, 0.3) is 5.91 Å². The number of aryl methyl sites for hydroxylation is 2. The van der Waals surface area contributed by atoms with Gasteiger partial charge in [0, 0.05) is 63.3 Å². The fourth-order valence-electron chi connectivity index (χ4n) is 3.73. The maximum Gasteiger partial charge on any atom is 0.254 e. The third-order valence-corrected chi connectivity index (χ3v) is 5.37. The first-order valence-electron chi connectivity index (χ1n) is 10.1. The van der Waals surface area contributed by atoms with Crippen molar-refractivity contribution in [3.63, 3.8) is 0 Å². The molecule has 0 aliphatic carbocycles. The Morgan fingerprint density at radius 2 is 1.70 bits per heavy atom. The van der Waals surface area contributed by atoms with Gasteiger partial charge in [0.15, 0.2) is 5.82 Å². The molecule has 4 rings (SSSR count). The van der Waals surface area contributed by atoms with Crippen LogP contribution in [0.2, 0.25) is 0 Å². The molecule has 1 amide bonds. The van der Waals surface area contributed by atoms with Crippen LogP contribution in [-0.2, 0) is 0 Å². The molecule has 2 aromatic heterocycles. The third-order valence-electron chi connectivity index (χ3n) is 5.37. The van der Waals surface area contributed by atoms with Crippen molar-refractivity contribution in [2.75, 3.05) is 50.1 Å². The summed E-state index contributed by atoms with van der Waals surface area (Å²) in [7, 11) is 3.95. The predicted octanol–water partition coefficient (Wildman–Crippen LogP) is 2.31. The number of hydrogen-bond acceptors (Lipinski definition) is 6. The summed E-state index contributed by atoms with van der Waals surface area (Å²) in [6.07, 6.45) is 1.57. The lowest BCUT2D eigenvalue weighted by Crippen LogP contribution is -2.49. The molecule has 0 unspecified atom stereocenters. The van der Waals surface area contributed by atoms with Gasteiger partial charge in [-0.3, -0.25) is 4.79 Å². The Bertz CT molecular complexity index is 1050. The van der Waals surface area contributed by atoms with E-state index in [0.29, 0.717) is 13.1 Å². The molecular formula is C22H27N7O. The van der Waals surface area contributed by atoms with Crippen molar-refractivity contribution in [3.05, 3.63) is 59.7 Å². The second-order valence-electron chi connectivity index (χ2n) is 7.80. The molecule has 0 bridgehead atoms. The number of piperazine rings is 1. The molecule has 30 heavy (non-hydrogen) atoms. The van der Waals surface area contributed by atoms with E-state index in [1.807, 2.05) is 78.8 Å². The van der Waals surface area contributed by atoms with E-state index in [1.54, 1.807) is 6.33 Å². The molecule has 1 saturated heterocycles. The van der Waals surface area contributed by atoms with Crippen LogP contribution in [0.1, 0.15) is 21.7 Å². The Morgan fingerprint density at radius 1 is 0.967 bits per heavy atom. The van der Waals surface area contributed by atoms with Gasteiger partial charge >= 0.3 is 0 Å². The van der Waals surface area contributed by atoms with E-state index in [-0.39, 0.29) is 5.91 Å². The minimum Gasteiger partial charge on any atom is -0.378 e. The first kappa shape index (κ1) is 19.9. The normalized spacial score (nSPS) is 14.1. The predicted molar refractivity (Wildman–Crippen MR) is 118 cm³/mol. The summed E-state index contributed by atoms with van der Waals surface area (Å²) in [6.45, 7) is 6.75. The first-order valence-corrected chi connectivity index (χ1v) is 10.1. The van der Waals surface area contributed by atoms with Crippen LogP contribution >= 0.6 is 0 Å². The lowest BCUT2D eigenvalue weighted by Gasteiger charge is -2.35. The van der Waals surface area contributed by atoms with Crippen molar-refractivity contribution in [2.24, 2.45) is 0 Å². The van der Waals surface area contributed by atoms with Crippen molar-refractivity contribution in [1.82, 2.24) is 24.6 Å². The molecule has 0 radical (unpaired) electrons. The number of carbonyl (C=O) groups is 1. The van der Waals surface area contributed by atoms with Crippen LogP contribution in [-0.4, -0.2) is 70.8 Å². The number of aromatic nitrogens is 4. The molecule has 0 spiro atoms. The van der Waals surface area contributed by atoms with Gasteiger partial charge < -0.3 is 14.7 Å². The van der Waals surface area contributed by atoms with E-state index < -0.39 is 0 Å².